The molecule has 1 rings (SSSR count). The third-order valence-corrected chi connectivity index (χ3v) is 2.07. The van der Waals surface area contributed by atoms with Crippen LogP contribution in [0.2, 0.25) is 10.0 Å². The summed E-state index contributed by atoms with van der Waals surface area (Å²) in [6.07, 6.45) is -0.580. The lowest BCUT2D eigenvalue weighted by Crippen LogP contribution is -2.25. The molecule has 0 spiro atoms. The van der Waals surface area contributed by atoms with Crippen molar-refractivity contribution in [2.24, 2.45) is 0 Å². The molecule has 75 valence electrons. The lowest BCUT2D eigenvalue weighted by molar-refractivity contribution is 0.192. The van der Waals surface area contributed by atoms with Crippen molar-refractivity contribution in [3.63, 3.8) is 0 Å². The second-order valence-electron chi connectivity index (χ2n) is 2.60. The SMILES string of the molecule is [CH2]OC(=O)N(C)c1cc(Cl)cc(Cl)c1. The van der Waals surface area contributed by atoms with Gasteiger partial charge >= 0.3 is 6.09 Å². The van der Waals surface area contributed by atoms with Crippen LogP contribution in [0.4, 0.5) is 10.5 Å². The summed E-state index contributed by atoms with van der Waals surface area (Å²) < 4.78 is 4.30. The predicted molar refractivity (Wildman–Crippen MR) is 56.7 cm³/mol. The van der Waals surface area contributed by atoms with Gasteiger partial charge in [0.05, 0.1) is 0 Å². The molecule has 1 aromatic rings. The molecule has 0 aliphatic carbocycles. The Morgan fingerprint density at radius 2 is 1.86 bits per heavy atom. The Labute approximate surface area is 92.2 Å². The molecule has 0 aromatic heterocycles. The number of hydrogen-bond acceptors (Lipinski definition) is 2. The molecule has 1 aromatic carbocycles. The molecular formula is C9H8Cl2NO2. The van der Waals surface area contributed by atoms with E-state index < -0.39 is 6.09 Å². The maximum atomic E-state index is 11.1. The normalized spacial score (nSPS) is 9.71. The van der Waals surface area contributed by atoms with Crippen molar-refractivity contribution >= 4 is 35.0 Å². The zero-order valence-electron chi connectivity index (χ0n) is 7.46. The zero-order chi connectivity index (χ0) is 10.7. The van der Waals surface area contributed by atoms with E-state index in [1.807, 2.05) is 0 Å². The standard InChI is InChI=1S/C9H8Cl2NO2/c1-12(9(13)14-2)8-4-6(10)3-7(11)5-8/h3-5H,2H2,1H3. The number of amides is 1. The van der Waals surface area contributed by atoms with Crippen LogP contribution in [-0.2, 0) is 4.74 Å². The van der Waals surface area contributed by atoms with E-state index in [-0.39, 0.29) is 0 Å². The summed E-state index contributed by atoms with van der Waals surface area (Å²) in [4.78, 5) is 12.3. The minimum Gasteiger partial charge on any atom is -0.446 e. The third kappa shape index (κ3) is 2.53. The monoisotopic (exact) mass is 232 g/mol. The van der Waals surface area contributed by atoms with E-state index in [4.69, 9.17) is 23.2 Å². The molecular weight excluding hydrogens is 225 g/mol. The molecule has 1 amide bonds. The van der Waals surface area contributed by atoms with E-state index in [1.54, 1.807) is 18.2 Å². The molecule has 0 saturated carbocycles. The van der Waals surface area contributed by atoms with Gasteiger partial charge in [-0.1, -0.05) is 23.2 Å². The van der Waals surface area contributed by atoms with E-state index in [1.165, 1.54) is 11.9 Å². The third-order valence-electron chi connectivity index (χ3n) is 1.63. The molecule has 0 aliphatic heterocycles. The number of ether oxygens (including phenoxy) is 1. The van der Waals surface area contributed by atoms with Gasteiger partial charge in [0.25, 0.3) is 0 Å². The number of carbonyl (C=O) groups is 1. The summed E-state index contributed by atoms with van der Waals surface area (Å²) in [5, 5.41) is 0.910. The molecule has 5 heteroatoms. The smallest absolute Gasteiger partial charge is 0.414 e. The molecule has 0 aliphatic rings. The summed E-state index contributed by atoms with van der Waals surface area (Å²) in [5.74, 6) is 0. The van der Waals surface area contributed by atoms with Crippen LogP contribution in [0.3, 0.4) is 0 Å². The Balaban J connectivity index is 3.00. The Kier molecular flexibility index (Phi) is 3.61. The van der Waals surface area contributed by atoms with E-state index in [2.05, 4.69) is 11.8 Å². The van der Waals surface area contributed by atoms with Gasteiger partial charge < -0.3 is 4.74 Å². The Bertz CT molecular complexity index is 334. The van der Waals surface area contributed by atoms with Crippen LogP contribution in [0, 0.1) is 7.11 Å². The first-order valence-electron chi connectivity index (χ1n) is 3.70. The van der Waals surface area contributed by atoms with Gasteiger partial charge in [-0.05, 0) is 18.2 Å². The van der Waals surface area contributed by atoms with Crippen LogP contribution in [0.15, 0.2) is 18.2 Å². The van der Waals surface area contributed by atoms with Crippen LogP contribution < -0.4 is 4.90 Å². The summed E-state index contributed by atoms with van der Waals surface area (Å²) in [5.41, 5.74) is 0.552. The van der Waals surface area contributed by atoms with Crippen molar-refractivity contribution < 1.29 is 9.53 Å². The summed E-state index contributed by atoms with van der Waals surface area (Å²) in [6, 6.07) is 4.78. The van der Waals surface area contributed by atoms with Crippen molar-refractivity contribution in [3.05, 3.63) is 35.4 Å². The highest BCUT2D eigenvalue weighted by Crippen LogP contribution is 2.24. The van der Waals surface area contributed by atoms with Crippen LogP contribution in [0.25, 0.3) is 0 Å². The quantitative estimate of drug-likeness (QED) is 0.744. The molecule has 14 heavy (non-hydrogen) atoms. The number of halogens is 2. The Morgan fingerprint density at radius 3 is 2.29 bits per heavy atom. The number of hydrogen-bond donors (Lipinski definition) is 0. The van der Waals surface area contributed by atoms with Crippen LogP contribution in [0.1, 0.15) is 0 Å². The summed E-state index contributed by atoms with van der Waals surface area (Å²) >= 11 is 11.5. The Hall–Kier alpha value is -0.930. The van der Waals surface area contributed by atoms with E-state index in [0.717, 1.165) is 0 Å². The van der Waals surface area contributed by atoms with Crippen LogP contribution >= 0.6 is 23.2 Å². The second-order valence-corrected chi connectivity index (χ2v) is 3.47. The average molecular weight is 233 g/mol. The fourth-order valence-electron chi connectivity index (χ4n) is 0.935. The lowest BCUT2D eigenvalue weighted by atomic mass is 10.3. The maximum Gasteiger partial charge on any atom is 0.414 e. The van der Waals surface area contributed by atoms with Gasteiger partial charge in [0, 0.05) is 22.8 Å². The fourth-order valence-corrected chi connectivity index (χ4v) is 1.45. The molecule has 3 nitrogen and oxygen atoms in total. The van der Waals surface area contributed by atoms with Crippen LogP contribution in [-0.4, -0.2) is 13.1 Å². The second kappa shape index (κ2) is 4.53. The Morgan fingerprint density at radius 1 is 1.36 bits per heavy atom. The number of benzene rings is 1. The van der Waals surface area contributed by atoms with Crippen molar-refractivity contribution in [2.75, 3.05) is 11.9 Å². The number of carbonyl (C=O) groups excluding carboxylic acids is 1. The topological polar surface area (TPSA) is 29.5 Å². The molecule has 0 unspecified atom stereocenters. The van der Waals surface area contributed by atoms with Gasteiger partial charge in [0.15, 0.2) is 0 Å². The summed E-state index contributed by atoms with van der Waals surface area (Å²) in [6.45, 7) is 0. The van der Waals surface area contributed by atoms with Gasteiger partial charge in [-0.2, -0.15) is 0 Å². The molecule has 0 fully saturated rings. The maximum absolute atomic E-state index is 11.1. The van der Waals surface area contributed by atoms with Gasteiger partial charge in [0.1, 0.15) is 7.11 Å². The molecule has 0 saturated heterocycles. The minimum absolute atomic E-state index is 0.455. The molecule has 0 heterocycles. The van der Waals surface area contributed by atoms with E-state index in [0.29, 0.717) is 15.7 Å². The molecule has 0 atom stereocenters. The number of rotatable bonds is 1. The van der Waals surface area contributed by atoms with Crippen molar-refractivity contribution in [2.45, 2.75) is 0 Å². The highest BCUT2D eigenvalue weighted by Gasteiger charge is 2.11. The molecule has 0 N–H and O–H groups in total. The summed E-state index contributed by atoms with van der Waals surface area (Å²) in [7, 11) is 4.56. The first-order chi connectivity index (χ1) is 6.54. The predicted octanol–water partition coefficient (Wildman–Crippen LogP) is 3.36. The number of nitrogens with zero attached hydrogens (tertiary/aromatic N) is 1. The van der Waals surface area contributed by atoms with Gasteiger partial charge in [0.2, 0.25) is 0 Å². The van der Waals surface area contributed by atoms with Crippen LogP contribution in [0.5, 0.6) is 0 Å². The van der Waals surface area contributed by atoms with Crippen molar-refractivity contribution in [3.8, 4) is 0 Å². The van der Waals surface area contributed by atoms with Crippen molar-refractivity contribution in [1.82, 2.24) is 0 Å². The molecule has 0 bridgehead atoms. The fraction of sp³-hybridized carbons (Fsp3) is 0.111. The first-order valence-corrected chi connectivity index (χ1v) is 4.46. The lowest BCUT2D eigenvalue weighted by Gasteiger charge is -2.15. The van der Waals surface area contributed by atoms with Gasteiger partial charge in [-0.3, -0.25) is 4.90 Å². The zero-order valence-corrected chi connectivity index (χ0v) is 8.97. The van der Waals surface area contributed by atoms with E-state index >= 15 is 0 Å². The van der Waals surface area contributed by atoms with Crippen molar-refractivity contribution in [1.29, 1.82) is 0 Å². The van der Waals surface area contributed by atoms with E-state index in [9.17, 15) is 4.79 Å². The van der Waals surface area contributed by atoms with Gasteiger partial charge in [-0.15, -0.1) is 0 Å². The average Bonchev–Trinajstić information content (AvgIpc) is 2.14. The minimum atomic E-state index is -0.580. The largest absolute Gasteiger partial charge is 0.446 e. The van der Waals surface area contributed by atoms with Gasteiger partial charge in [-0.25, -0.2) is 4.79 Å². The number of anilines is 1. The highest BCUT2D eigenvalue weighted by molar-refractivity contribution is 6.35. The highest BCUT2D eigenvalue weighted by atomic mass is 35.5. The molecule has 1 radical (unpaired) electrons. The first kappa shape index (κ1) is 11.1.